The fourth-order valence-corrected chi connectivity index (χ4v) is 4.56. The van der Waals surface area contributed by atoms with Crippen molar-refractivity contribution in [3.05, 3.63) is 45.9 Å². The third-order valence-corrected chi connectivity index (χ3v) is 6.28. The third-order valence-electron chi connectivity index (χ3n) is 5.54. The number of benzene rings is 2. The number of anilines is 1. The standard InChI is InChI=1S/C21H22Cl2N2O4/c1-27-17-9-12(10-18(28-2)19(17)29-3)20-24-8-4-5-16(24)21(26)25(20)13-6-7-14(22)15(23)11-13/h6-7,9-11,16,20H,4-5,8H2,1-3H3/t16-,20+/m0/s1. The van der Waals surface area contributed by atoms with E-state index in [-0.39, 0.29) is 18.1 Å². The molecule has 29 heavy (non-hydrogen) atoms. The molecule has 2 atom stereocenters. The summed E-state index contributed by atoms with van der Waals surface area (Å²) in [5.41, 5.74) is 1.58. The molecule has 2 aliphatic heterocycles. The van der Waals surface area contributed by atoms with Crippen molar-refractivity contribution in [3.8, 4) is 17.2 Å². The van der Waals surface area contributed by atoms with E-state index in [0.717, 1.165) is 24.9 Å². The second-order valence-corrected chi connectivity index (χ2v) is 7.85. The average Bonchev–Trinajstić information content (AvgIpc) is 3.31. The molecule has 0 N–H and O–H groups in total. The zero-order valence-corrected chi connectivity index (χ0v) is 18.0. The highest BCUT2D eigenvalue weighted by Crippen LogP contribution is 2.47. The maximum Gasteiger partial charge on any atom is 0.246 e. The van der Waals surface area contributed by atoms with Gasteiger partial charge in [0.1, 0.15) is 6.17 Å². The van der Waals surface area contributed by atoms with Crippen molar-refractivity contribution in [1.82, 2.24) is 4.90 Å². The monoisotopic (exact) mass is 436 g/mol. The van der Waals surface area contributed by atoms with Crippen LogP contribution >= 0.6 is 23.2 Å². The summed E-state index contributed by atoms with van der Waals surface area (Å²) in [4.78, 5) is 17.3. The molecule has 2 fully saturated rings. The molecule has 1 amide bonds. The lowest BCUT2D eigenvalue weighted by atomic mass is 10.1. The van der Waals surface area contributed by atoms with Crippen molar-refractivity contribution in [2.45, 2.75) is 25.0 Å². The second-order valence-electron chi connectivity index (χ2n) is 7.03. The van der Waals surface area contributed by atoms with Crippen molar-refractivity contribution < 1.29 is 19.0 Å². The van der Waals surface area contributed by atoms with Crippen LogP contribution in [0, 0.1) is 0 Å². The molecule has 6 nitrogen and oxygen atoms in total. The molecule has 0 spiro atoms. The number of halogens is 2. The maximum absolute atomic E-state index is 13.3. The molecule has 4 rings (SSSR count). The van der Waals surface area contributed by atoms with E-state index in [0.29, 0.717) is 33.0 Å². The van der Waals surface area contributed by atoms with E-state index in [1.807, 2.05) is 18.2 Å². The van der Waals surface area contributed by atoms with Gasteiger partial charge in [0.2, 0.25) is 11.7 Å². The van der Waals surface area contributed by atoms with Crippen LogP contribution < -0.4 is 19.1 Å². The number of fused-ring (bicyclic) bond motifs is 1. The minimum atomic E-state index is -0.305. The van der Waals surface area contributed by atoms with Gasteiger partial charge in [0.25, 0.3) is 0 Å². The molecular formula is C21H22Cl2N2O4. The summed E-state index contributed by atoms with van der Waals surface area (Å²) in [5, 5.41) is 0.861. The molecule has 0 unspecified atom stereocenters. The molecule has 2 heterocycles. The number of hydrogen-bond donors (Lipinski definition) is 0. The molecular weight excluding hydrogens is 415 g/mol. The quantitative estimate of drug-likeness (QED) is 0.688. The first kappa shape index (κ1) is 20.1. The van der Waals surface area contributed by atoms with Gasteiger partial charge in [0, 0.05) is 12.2 Å². The van der Waals surface area contributed by atoms with Gasteiger partial charge >= 0.3 is 0 Å². The molecule has 8 heteroatoms. The Balaban J connectivity index is 1.86. The van der Waals surface area contributed by atoms with Crippen LogP contribution in [-0.2, 0) is 4.79 Å². The van der Waals surface area contributed by atoms with E-state index < -0.39 is 0 Å². The highest BCUT2D eigenvalue weighted by molar-refractivity contribution is 6.42. The van der Waals surface area contributed by atoms with E-state index in [1.165, 1.54) is 0 Å². The first-order valence-corrected chi connectivity index (χ1v) is 10.1. The Morgan fingerprint density at radius 1 is 0.966 bits per heavy atom. The summed E-state index contributed by atoms with van der Waals surface area (Å²) in [6.45, 7) is 0.829. The van der Waals surface area contributed by atoms with Crippen molar-refractivity contribution in [2.75, 3.05) is 32.8 Å². The molecule has 154 valence electrons. The molecule has 2 aromatic rings. The van der Waals surface area contributed by atoms with Gasteiger partial charge < -0.3 is 14.2 Å². The Bertz CT molecular complexity index is 927. The Morgan fingerprint density at radius 3 is 2.24 bits per heavy atom. The Morgan fingerprint density at radius 2 is 1.66 bits per heavy atom. The van der Waals surface area contributed by atoms with Crippen LogP contribution in [0.2, 0.25) is 10.0 Å². The van der Waals surface area contributed by atoms with Crippen molar-refractivity contribution in [2.24, 2.45) is 0 Å². The van der Waals surface area contributed by atoms with Crippen molar-refractivity contribution >= 4 is 34.8 Å². The highest BCUT2D eigenvalue weighted by Gasteiger charge is 2.49. The molecule has 2 saturated heterocycles. The summed E-state index contributed by atoms with van der Waals surface area (Å²) >= 11 is 12.3. The summed E-state index contributed by atoms with van der Waals surface area (Å²) in [6, 6.07) is 8.89. The highest BCUT2D eigenvalue weighted by atomic mass is 35.5. The lowest BCUT2D eigenvalue weighted by Crippen LogP contribution is -2.32. The molecule has 2 aliphatic rings. The van der Waals surface area contributed by atoms with Crippen LogP contribution in [0.5, 0.6) is 17.2 Å². The number of rotatable bonds is 5. The van der Waals surface area contributed by atoms with Gasteiger partial charge in [-0.1, -0.05) is 23.2 Å². The van der Waals surface area contributed by atoms with Gasteiger partial charge in [-0.15, -0.1) is 0 Å². The minimum absolute atomic E-state index is 0.0552. The smallest absolute Gasteiger partial charge is 0.246 e. The lowest BCUT2D eigenvalue weighted by molar-refractivity contribution is -0.119. The number of methoxy groups -OCH3 is 3. The fraction of sp³-hybridized carbons (Fsp3) is 0.381. The van der Waals surface area contributed by atoms with E-state index in [4.69, 9.17) is 37.4 Å². The van der Waals surface area contributed by atoms with Gasteiger partial charge in [-0.25, -0.2) is 0 Å². The van der Waals surface area contributed by atoms with Crippen LogP contribution in [0.1, 0.15) is 24.6 Å². The fourth-order valence-electron chi connectivity index (χ4n) is 4.27. The minimum Gasteiger partial charge on any atom is -0.493 e. The summed E-state index contributed by atoms with van der Waals surface area (Å²) in [5.74, 6) is 1.67. The van der Waals surface area contributed by atoms with Gasteiger partial charge in [-0.05, 0) is 48.7 Å². The Kier molecular flexibility index (Phi) is 5.51. The number of carbonyl (C=O) groups excluding carboxylic acids is 1. The third kappa shape index (κ3) is 3.29. The molecule has 0 saturated carbocycles. The van der Waals surface area contributed by atoms with Gasteiger partial charge in [-0.2, -0.15) is 0 Å². The van der Waals surface area contributed by atoms with Crippen LogP contribution in [0.25, 0.3) is 0 Å². The predicted octanol–water partition coefficient (Wildman–Crippen LogP) is 4.53. The number of ether oxygens (including phenoxy) is 3. The Labute approximate surface area is 179 Å². The van der Waals surface area contributed by atoms with E-state index in [1.54, 1.807) is 38.4 Å². The van der Waals surface area contributed by atoms with Crippen molar-refractivity contribution in [3.63, 3.8) is 0 Å². The summed E-state index contributed by atoms with van der Waals surface area (Å²) in [7, 11) is 4.73. The van der Waals surface area contributed by atoms with E-state index >= 15 is 0 Å². The first-order chi connectivity index (χ1) is 14.0. The molecule has 0 aromatic heterocycles. The van der Waals surface area contributed by atoms with Crippen LogP contribution in [-0.4, -0.2) is 44.7 Å². The summed E-state index contributed by atoms with van der Waals surface area (Å²) < 4.78 is 16.5. The van der Waals surface area contributed by atoms with Gasteiger partial charge in [-0.3, -0.25) is 14.6 Å². The SMILES string of the molecule is COc1cc([C@H]2N(c3ccc(Cl)c(Cl)c3)C(=O)[C@@H]3CCCN32)cc(OC)c1OC. The molecule has 0 bridgehead atoms. The van der Waals surface area contributed by atoms with E-state index in [9.17, 15) is 4.79 Å². The largest absolute Gasteiger partial charge is 0.493 e. The molecule has 0 aliphatic carbocycles. The zero-order valence-electron chi connectivity index (χ0n) is 16.4. The van der Waals surface area contributed by atoms with E-state index in [2.05, 4.69) is 4.90 Å². The van der Waals surface area contributed by atoms with Crippen molar-refractivity contribution in [1.29, 1.82) is 0 Å². The average molecular weight is 437 g/mol. The second kappa shape index (κ2) is 7.94. The molecule has 0 radical (unpaired) electrons. The zero-order chi connectivity index (χ0) is 20.7. The lowest BCUT2D eigenvalue weighted by Gasteiger charge is -2.30. The number of carbonyl (C=O) groups is 1. The number of nitrogens with zero attached hydrogens (tertiary/aromatic N) is 2. The van der Waals surface area contributed by atoms with Crippen LogP contribution in [0.3, 0.4) is 0 Å². The topological polar surface area (TPSA) is 51.2 Å². The maximum atomic E-state index is 13.3. The van der Waals surface area contributed by atoms with Crippen LogP contribution in [0.4, 0.5) is 5.69 Å². The predicted molar refractivity (Wildman–Crippen MR) is 113 cm³/mol. The molecule has 2 aromatic carbocycles. The van der Waals surface area contributed by atoms with Gasteiger partial charge in [0.05, 0.1) is 37.4 Å². The van der Waals surface area contributed by atoms with Crippen LogP contribution in [0.15, 0.2) is 30.3 Å². The number of amides is 1. The number of hydrogen-bond acceptors (Lipinski definition) is 5. The van der Waals surface area contributed by atoms with Gasteiger partial charge in [0.15, 0.2) is 11.5 Å². The summed E-state index contributed by atoms with van der Waals surface area (Å²) in [6.07, 6.45) is 1.50. The normalized spacial score (nSPS) is 21.4. The Hall–Kier alpha value is -2.15. The first-order valence-electron chi connectivity index (χ1n) is 9.34.